The van der Waals surface area contributed by atoms with Crippen molar-refractivity contribution in [3.05, 3.63) is 72.4 Å². The van der Waals surface area contributed by atoms with Crippen molar-refractivity contribution in [3.63, 3.8) is 0 Å². The molecule has 47 heavy (non-hydrogen) atoms. The first-order valence-corrected chi connectivity index (χ1v) is 17.0. The second-order valence-electron chi connectivity index (χ2n) is 12.9. The normalized spacial score (nSPS) is 16.8. The Morgan fingerprint density at radius 1 is 1.06 bits per heavy atom. The van der Waals surface area contributed by atoms with Gasteiger partial charge in [-0.3, -0.25) is 14.7 Å². The van der Waals surface area contributed by atoms with Crippen LogP contribution in [0.25, 0.3) is 5.69 Å². The third-order valence-electron chi connectivity index (χ3n) is 8.79. The van der Waals surface area contributed by atoms with Crippen molar-refractivity contribution in [2.75, 3.05) is 18.5 Å². The molecule has 0 spiro atoms. The number of hydrogen-bond donors (Lipinski definition) is 3. The zero-order valence-electron chi connectivity index (χ0n) is 27.6. The first-order valence-electron chi connectivity index (χ1n) is 15.5. The smallest absolute Gasteiger partial charge is 0.282 e. The van der Waals surface area contributed by atoms with Crippen LogP contribution in [0, 0.1) is 0 Å². The van der Waals surface area contributed by atoms with Gasteiger partial charge in [-0.2, -0.15) is 0 Å². The molecule has 0 saturated heterocycles. The Kier molecular flexibility index (Phi) is 11.4. The van der Waals surface area contributed by atoms with Crippen LogP contribution in [0.2, 0.25) is 15.1 Å². The number of anilines is 1. The fourth-order valence-electron chi connectivity index (χ4n) is 5.06. The van der Waals surface area contributed by atoms with Gasteiger partial charge in [0.25, 0.3) is 16.6 Å². The molecule has 1 aliphatic heterocycles. The molecule has 1 aromatic heterocycles. The van der Waals surface area contributed by atoms with E-state index in [1.54, 1.807) is 0 Å². The van der Waals surface area contributed by atoms with Crippen LogP contribution in [0.3, 0.4) is 0 Å². The van der Waals surface area contributed by atoms with Crippen LogP contribution in [0.5, 0.6) is 5.75 Å². The number of aromatic amines is 1. The summed E-state index contributed by atoms with van der Waals surface area (Å²) in [6, 6.07) is 8.99. The summed E-state index contributed by atoms with van der Waals surface area (Å²) in [4.78, 5) is 30.6. The van der Waals surface area contributed by atoms with E-state index in [2.05, 4.69) is 84.6 Å². The lowest BCUT2D eigenvalue weighted by Gasteiger charge is -2.30. The Hall–Kier alpha value is -3.05. The molecule has 2 heterocycles. The summed E-state index contributed by atoms with van der Waals surface area (Å²) < 4.78 is 7.24. The number of carbonyl (C=O) groups excluding carboxylic acids is 1. The quantitative estimate of drug-likeness (QED) is 0.114. The molecule has 14 heteroatoms. The molecular weight excluding hydrogens is 684 g/mol. The van der Waals surface area contributed by atoms with Crippen LogP contribution in [0.4, 0.5) is 5.82 Å². The molecule has 10 nitrogen and oxygen atoms in total. The fraction of sp³-hybridized carbons (Fsp3) is 0.485. The first kappa shape index (κ1) is 36.8. The highest BCUT2D eigenvalue weighted by Gasteiger charge is 2.39. The Morgan fingerprint density at radius 3 is 2.32 bits per heavy atom. The summed E-state index contributed by atoms with van der Waals surface area (Å²) in [6.45, 7) is 15.3. The van der Waals surface area contributed by atoms with Crippen molar-refractivity contribution in [1.82, 2.24) is 15.1 Å². The molecule has 1 amide bonds. The number of amides is 1. The molecule has 1 aliphatic rings. The molecule has 2 unspecified atom stereocenters. The maximum absolute atomic E-state index is 13.6. The number of aromatic nitrogens is 2. The van der Waals surface area contributed by atoms with Crippen molar-refractivity contribution in [1.29, 1.82) is 0 Å². The number of halogens is 4. The molecular formula is C33H41Cl4N7O3. The third-order valence-corrected chi connectivity index (χ3v) is 9.94. The van der Waals surface area contributed by atoms with Gasteiger partial charge in [0.2, 0.25) is 0 Å². The maximum Gasteiger partial charge on any atom is 0.282 e. The molecule has 3 aromatic rings. The van der Waals surface area contributed by atoms with Crippen LogP contribution in [-0.2, 0) is 20.7 Å². The predicted octanol–water partition coefficient (Wildman–Crippen LogP) is 8.73. The molecule has 0 fully saturated rings. The van der Waals surface area contributed by atoms with Crippen LogP contribution < -0.4 is 20.9 Å². The molecule has 254 valence electrons. The Balaban J connectivity index is 1.44. The van der Waals surface area contributed by atoms with Gasteiger partial charge in [-0.15, -0.1) is 10.2 Å². The van der Waals surface area contributed by atoms with E-state index in [0.29, 0.717) is 23.7 Å². The molecule has 2 aromatic carbocycles. The van der Waals surface area contributed by atoms with E-state index < -0.39 is 10.7 Å². The van der Waals surface area contributed by atoms with E-state index in [1.165, 1.54) is 24.0 Å². The summed E-state index contributed by atoms with van der Waals surface area (Å²) in [5.41, 5.74) is 1.85. The first-order chi connectivity index (χ1) is 22.0. The van der Waals surface area contributed by atoms with E-state index >= 15 is 0 Å². The predicted molar refractivity (Wildman–Crippen MR) is 192 cm³/mol. The van der Waals surface area contributed by atoms with Gasteiger partial charge in [0.1, 0.15) is 29.2 Å². The topological polar surface area (TPSA) is 125 Å². The van der Waals surface area contributed by atoms with E-state index in [0.717, 1.165) is 23.1 Å². The van der Waals surface area contributed by atoms with E-state index in [4.69, 9.17) is 51.1 Å². The summed E-state index contributed by atoms with van der Waals surface area (Å²) in [6.07, 6.45) is 3.60. The highest BCUT2D eigenvalue weighted by atomic mass is 35.5. The average Bonchev–Trinajstić information content (AvgIpc) is 3.58. The van der Waals surface area contributed by atoms with Crippen molar-refractivity contribution in [2.45, 2.75) is 89.7 Å². The van der Waals surface area contributed by atoms with Crippen LogP contribution in [0.1, 0.15) is 84.4 Å². The Morgan fingerprint density at radius 2 is 1.72 bits per heavy atom. The number of alkyl halides is 1. The highest BCUT2D eigenvalue weighted by molar-refractivity contribution is 6.40. The SMILES string of the molecule is CCC(C)(C)c1ccc(OCC(=O)NC(C)CCNc2[nH]n(-c3c(Cl)cc(Cl)cc3Cl)c(=O)c2C2(Cl)N=CN=N2)c(C(C)(C)CC)c1. The molecule has 2 atom stereocenters. The van der Waals surface area contributed by atoms with Crippen LogP contribution in [0.15, 0.2) is 50.3 Å². The number of aliphatic imine (C=N–C) groups is 1. The summed E-state index contributed by atoms with van der Waals surface area (Å²) in [5, 5.41) is 15.6. The molecule has 0 aliphatic carbocycles. The van der Waals surface area contributed by atoms with Crippen molar-refractivity contribution in [2.24, 2.45) is 15.2 Å². The Bertz CT molecular complexity index is 1710. The minimum absolute atomic E-state index is 0.00277. The zero-order valence-corrected chi connectivity index (χ0v) is 30.6. The lowest BCUT2D eigenvalue weighted by Crippen LogP contribution is -2.37. The number of rotatable bonds is 14. The fourth-order valence-corrected chi connectivity index (χ4v) is 6.31. The zero-order chi connectivity index (χ0) is 34.7. The van der Waals surface area contributed by atoms with Gasteiger partial charge in [-0.25, -0.2) is 9.67 Å². The maximum atomic E-state index is 13.6. The summed E-state index contributed by atoms with van der Waals surface area (Å²) in [7, 11) is 0. The summed E-state index contributed by atoms with van der Waals surface area (Å²) in [5.74, 6) is 0.705. The number of carbonyl (C=O) groups is 1. The van der Waals surface area contributed by atoms with Gasteiger partial charge in [0.05, 0.1) is 10.0 Å². The second-order valence-corrected chi connectivity index (χ2v) is 14.7. The number of ether oxygens (including phenoxy) is 1. The number of azo groups is 1. The Labute approximate surface area is 295 Å². The van der Waals surface area contributed by atoms with Gasteiger partial charge in [-0.05, 0) is 60.8 Å². The number of benzene rings is 2. The minimum Gasteiger partial charge on any atom is -0.483 e. The molecule has 0 saturated carbocycles. The van der Waals surface area contributed by atoms with E-state index in [9.17, 15) is 9.59 Å². The van der Waals surface area contributed by atoms with Crippen molar-refractivity contribution in [3.8, 4) is 11.4 Å². The van der Waals surface area contributed by atoms with Gasteiger partial charge in [0, 0.05) is 23.2 Å². The molecule has 3 N–H and O–H groups in total. The average molecular weight is 726 g/mol. The monoisotopic (exact) mass is 723 g/mol. The molecule has 0 radical (unpaired) electrons. The van der Waals surface area contributed by atoms with Crippen LogP contribution in [-0.4, -0.2) is 41.2 Å². The highest BCUT2D eigenvalue weighted by Crippen LogP contribution is 2.40. The van der Waals surface area contributed by atoms with Crippen molar-refractivity contribution < 1.29 is 9.53 Å². The second kappa shape index (κ2) is 14.6. The summed E-state index contributed by atoms with van der Waals surface area (Å²) >= 11 is 25.5. The van der Waals surface area contributed by atoms with Gasteiger partial charge in [0.15, 0.2) is 6.61 Å². The minimum atomic E-state index is -1.78. The standard InChI is InChI=1S/C33H41Cl4N7O3/c1-8-31(4,5)20-10-11-25(22(14-20)32(6,7)9-2)47-17-26(45)41-19(3)12-13-38-29-27(33(37)39-18-40-43-33)30(46)44(42-29)28-23(35)15-21(34)16-24(28)36/h10-11,14-16,18-19,38,42H,8-9,12-13,17H2,1-7H3,(H,41,45). The van der Waals surface area contributed by atoms with Gasteiger partial charge >= 0.3 is 0 Å². The number of H-pyrrole nitrogens is 1. The van der Waals surface area contributed by atoms with Gasteiger partial charge < -0.3 is 15.4 Å². The third kappa shape index (κ3) is 8.16. The van der Waals surface area contributed by atoms with E-state index in [1.807, 2.05) is 13.0 Å². The largest absolute Gasteiger partial charge is 0.483 e. The molecule has 0 bridgehead atoms. The number of nitrogens with one attached hydrogen (secondary N) is 3. The lowest BCUT2D eigenvalue weighted by molar-refractivity contribution is -0.123. The number of nitrogens with zero attached hydrogens (tertiary/aromatic N) is 4. The van der Waals surface area contributed by atoms with Crippen molar-refractivity contribution >= 4 is 64.5 Å². The molecule has 4 rings (SSSR count). The van der Waals surface area contributed by atoms with E-state index in [-0.39, 0.29) is 56.5 Å². The number of hydrogen-bond acceptors (Lipinski definition) is 7. The van der Waals surface area contributed by atoms with Crippen LogP contribution >= 0.6 is 46.4 Å². The lowest BCUT2D eigenvalue weighted by atomic mass is 9.76. The van der Waals surface area contributed by atoms with Gasteiger partial charge in [-0.1, -0.05) is 100 Å².